The predicted octanol–water partition coefficient (Wildman–Crippen LogP) is 3.50. The van der Waals surface area contributed by atoms with Gasteiger partial charge in [-0.3, -0.25) is 9.80 Å². The zero-order valence-corrected chi connectivity index (χ0v) is 17.5. The number of ether oxygens (including phenoxy) is 4. The van der Waals surface area contributed by atoms with E-state index in [-0.39, 0.29) is 0 Å². The molecule has 0 spiro atoms. The molecule has 6 nitrogen and oxygen atoms in total. The largest absolute Gasteiger partial charge is 0.478 e. The Hall–Kier alpha value is -1.86. The van der Waals surface area contributed by atoms with Gasteiger partial charge in [0, 0.05) is 68.1 Å². The number of fused-ring (bicyclic) bond motifs is 5. The van der Waals surface area contributed by atoms with E-state index < -0.39 is 0 Å². The lowest BCUT2D eigenvalue weighted by atomic mass is 9.96. The van der Waals surface area contributed by atoms with Crippen LogP contribution in [0.15, 0.2) is 24.3 Å². The lowest BCUT2D eigenvalue weighted by Crippen LogP contribution is -2.43. The summed E-state index contributed by atoms with van der Waals surface area (Å²) in [6, 6.07) is 9.96. The van der Waals surface area contributed by atoms with Crippen LogP contribution in [0.1, 0.15) is 36.8 Å². The first-order chi connectivity index (χ1) is 14.9. The van der Waals surface area contributed by atoms with Crippen LogP contribution in [0, 0.1) is 0 Å². The molecular weight excluding hydrogens is 380 g/mol. The molecule has 0 aliphatic carbocycles. The monoisotopic (exact) mass is 410 g/mol. The molecule has 2 fully saturated rings. The van der Waals surface area contributed by atoms with Crippen LogP contribution >= 0.6 is 0 Å². The maximum Gasteiger partial charge on any atom is 0.142 e. The highest BCUT2D eigenvalue weighted by Crippen LogP contribution is 2.41. The summed E-state index contributed by atoms with van der Waals surface area (Å²) in [4.78, 5) is 4.93. The number of benzene rings is 2. The van der Waals surface area contributed by atoms with Crippen molar-refractivity contribution in [2.75, 3.05) is 39.9 Å². The van der Waals surface area contributed by atoms with Gasteiger partial charge >= 0.3 is 0 Å². The molecule has 4 aliphatic heterocycles. The van der Waals surface area contributed by atoms with Crippen molar-refractivity contribution in [3.8, 4) is 11.5 Å². The third-order valence-electron chi connectivity index (χ3n) is 7.21. The average Bonchev–Trinajstić information content (AvgIpc) is 2.84. The van der Waals surface area contributed by atoms with Crippen LogP contribution in [0.4, 0.5) is 0 Å². The molecule has 0 bridgehead atoms. The van der Waals surface area contributed by atoms with Gasteiger partial charge in [-0.2, -0.15) is 0 Å². The van der Waals surface area contributed by atoms with Crippen LogP contribution in [0.2, 0.25) is 0 Å². The predicted molar refractivity (Wildman–Crippen MR) is 114 cm³/mol. The van der Waals surface area contributed by atoms with Crippen molar-refractivity contribution in [1.82, 2.24) is 9.80 Å². The highest BCUT2D eigenvalue weighted by molar-refractivity contribution is 5.94. The van der Waals surface area contributed by atoms with Gasteiger partial charge in [0.1, 0.15) is 25.0 Å². The molecule has 0 atom stereocenters. The summed E-state index contributed by atoms with van der Waals surface area (Å²) in [6.45, 7) is 6.66. The van der Waals surface area contributed by atoms with Gasteiger partial charge in [0.25, 0.3) is 0 Å². The van der Waals surface area contributed by atoms with Crippen molar-refractivity contribution in [3.63, 3.8) is 0 Å². The third kappa shape index (κ3) is 3.36. The molecule has 2 saturated heterocycles. The zero-order chi connectivity index (χ0) is 19.9. The number of rotatable bonds is 2. The maximum atomic E-state index is 6.35. The molecule has 0 aromatic heterocycles. The van der Waals surface area contributed by atoms with Gasteiger partial charge in [0.05, 0.1) is 0 Å². The van der Waals surface area contributed by atoms with Crippen molar-refractivity contribution in [2.24, 2.45) is 0 Å². The molecule has 6 rings (SSSR count). The van der Waals surface area contributed by atoms with Crippen LogP contribution in [0.5, 0.6) is 11.5 Å². The Balaban J connectivity index is 1.29. The first-order valence-electron chi connectivity index (χ1n) is 11.3. The molecule has 0 unspecified atom stereocenters. The molecule has 30 heavy (non-hydrogen) atoms. The molecule has 2 aromatic rings. The topological polar surface area (TPSA) is 43.4 Å². The number of nitrogens with zero attached hydrogens (tertiary/aromatic N) is 2. The van der Waals surface area contributed by atoms with Crippen LogP contribution in [0.25, 0.3) is 10.8 Å². The van der Waals surface area contributed by atoms with Gasteiger partial charge in [-0.15, -0.1) is 0 Å². The summed E-state index contributed by atoms with van der Waals surface area (Å²) in [5, 5.41) is 2.48. The molecule has 0 saturated carbocycles. The van der Waals surface area contributed by atoms with Gasteiger partial charge in [0.15, 0.2) is 0 Å². The first kappa shape index (κ1) is 18.9. The molecule has 0 radical (unpaired) electrons. The quantitative estimate of drug-likeness (QED) is 0.755. The van der Waals surface area contributed by atoms with E-state index in [4.69, 9.17) is 18.9 Å². The van der Waals surface area contributed by atoms with Crippen LogP contribution in [0.3, 0.4) is 0 Å². The van der Waals surface area contributed by atoms with E-state index in [0.29, 0.717) is 25.5 Å². The molecule has 2 aromatic carbocycles. The normalized spacial score (nSPS) is 24.1. The lowest BCUT2D eigenvalue weighted by molar-refractivity contribution is -0.00858. The minimum atomic E-state index is 0.545. The van der Waals surface area contributed by atoms with Gasteiger partial charge in [-0.25, -0.2) is 0 Å². The molecule has 0 amide bonds. The highest BCUT2D eigenvalue weighted by Gasteiger charge is 2.30. The Bertz CT molecular complexity index is 921. The molecule has 4 heterocycles. The number of hydrogen-bond donors (Lipinski definition) is 0. The number of hydrogen-bond acceptors (Lipinski definition) is 6. The fraction of sp³-hybridized carbons (Fsp3) is 0.583. The molecule has 0 N–H and O–H groups in total. The second-order valence-electron chi connectivity index (χ2n) is 8.92. The Morgan fingerprint density at radius 1 is 0.667 bits per heavy atom. The van der Waals surface area contributed by atoms with Crippen molar-refractivity contribution < 1.29 is 18.9 Å². The summed E-state index contributed by atoms with van der Waals surface area (Å²) in [5.41, 5.74) is 2.58. The van der Waals surface area contributed by atoms with E-state index in [0.717, 1.165) is 76.7 Å². The summed E-state index contributed by atoms with van der Waals surface area (Å²) in [6.07, 6.45) is 4.37. The van der Waals surface area contributed by atoms with Crippen molar-refractivity contribution >= 4 is 10.8 Å². The smallest absolute Gasteiger partial charge is 0.142 e. The van der Waals surface area contributed by atoms with E-state index in [9.17, 15) is 0 Å². The minimum Gasteiger partial charge on any atom is -0.478 e. The maximum absolute atomic E-state index is 6.35. The zero-order valence-electron chi connectivity index (χ0n) is 17.5. The lowest BCUT2D eigenvalue weighted by Gasteiger charge is -2.39. The van der Waals surface area contributed by atoms with Gasteiger partial charge in [0.2, 0.25) is 0 Å². The van der Waals surface area contributed by atoms with E-state index in [1.165, 1.54) is 21.9 Å². The van der Waals surface area contributed by atoms with Gasteiger partial charge in [-0.05, 0) is 43.2 Å². The summed E-state index contributed by atoms with van der Waals surface area (Å²) in [7, 11) is 0. The average molecular weight is 411 g/mol. The van der Waals surface area contributed by atoms with Gasteiger partial charge in [-0.1, -0.05) is 12.1 Å². The summed E-state index contributed by atoms with van der Waals surface area (Å²) in [5.74, 6) is 2.08. The third-order valence-corrected chi connectivity index (χ3v) is 7.21. The second-order valence-corrected chi connectivity index (χ2v) is 8.92. The fourth-order valence-corrected chi connectivity index (χ4v) is 5.44. The second kappa shape index (κ2) is 8.00. The standard InChI is InChI=1S/C24H30N2O4/c1-2-20-21(24-17(1)13-25(16-30-24)18-5-9-27-10-6-18)3-4-23-22(20)14-26(15-29-23)19-7-11-28-12-8-19/h1-4,18-19H,5-16H2. The first-order valence-corrected chi connectivity index (χ1v) is 11.3. The minimum absolute atomic E-state index is 0.545. The molecule has 160 valence electrons. The van der Waals surface area contributed by atoms with Gasteiger partial charge < -0.3 is 18.9 Å². The molecular formula is C24H30N2O4. The van der Waals surface area contributed by atoms with E-state index >= 15 is 0 Å². The summed E-state index contributed by atoms with van der Waals surface area (Å²) < 4.78 is 23.6. The van der Waals surface area contributed by atoms with Crippen molar-refractivity contribution in [3.05, 3.63) is 35.4 Å². The van der Waals surface area contributed by atoms with E-state index in [1.807, 2.05) is 0 Å². The SMILES string of the molecule is c1cc2c3c(ccc2c2c1CN(C1CCOCC1)CO2)OCN(C1CCOCC1)C3. The Labute approximate surface area is 177 Å². The van der Waals surface area contributed by atoms with Crippen LogP contribution in [-0.4, -0.2) is 61.8 Å². The van der Waals surface area contributed by atoms with Crippen LogP contribution in [-0.2, 0) is 22.6 Å². The Morgan fingerprint density at radius 3 is 2.03 bits per heavy atom. The van der Waals surface area contributed by atoms with Crippen molar-refractivity contribution in [2.45, 2.75) is 50.9 Å². The highest BCUT2D eigenvalue weighted by atomic mass is 16.5. The van der Waals surface area contributed by atoms with E-state index in [2.05, 4.69) is 34.1 Å². The molecule has 6 heteroatoms. The fourth-order valence-electron chi connectivity index (χ4n) is 5.44. The molecule has 4 aliphatic rings. The summed E-state index contributed by atoms with van der Waals surface area (Å²) >= 11 is 0. The Morgan fingerprint density at radius 2 is 1.30 bits per heavy atom. The van der Waals surface area contributed by atoms with Crippen LogP contribution < -0.4 is 9.47 Å². The Kier molecular flexibility index (Phi) is 5.03. The van der Waals surface area contributed by atoms with E-state index in [1.54, 1.807) is 0 Å². The van der Waals surface area contributed by atoms with Crippen molar-refractivity contribution in [1.29, 1.82) is 0 Å².